The summed E-state index contributed by atoms with van der Waals surface area (Å²) in [5.41, 5.74) is 4.47. The Morgan fingerprint density at radius 2 is 1.67 bits per heavy atom. The van der Waals surface area contributed by atoms with E-state index in [0.29, 0.717) is 12.8 Å². The van der Waals surface area contributed by atoms with Gasteiger partial charge in [0.05, 0.1) is 16.1 Å². The highest BCUT2D eigenvalue weighted by atomic mass is 79.9. The smallest absolute Gasteiger partial charge is 0.239 e. The third kappa shape index (κ3) is 4.07. The monoisotopic (exact) mass is 236 g/mol. The molecular formula is C6H9BrN2O3. The fourth-order valence-corrected chi connectivity index (χ4v) is 0.904. The maximum atomic E-state index is 10.4. The number of primary amides is 1. The Balaban J connectivity index is 0.000000261. The molecule has 0 aromatic heterocycles. The predicted octanol–water partition coefficient (Wildman–Crippen LogP) is -0.0631. The van der Waals surface area contributed by atoms with Crippen molar-refractivity contribution in [3.63, 3.8) is 0 Å². The van der Waals surface area contributed by atoms with Crippen molar-refractivity contribution in [2.75, 3.05) is 0 Å². The number of nitrogens with two attached hydrogens (primary N) is 1. The van der Waals surface area contributed by atoms with Crippen molar-refractivity contribution in [3.8, 4) is 0 Å². The molecule has 0 radical (unpaired) electrons. The van der Waals surface area contributed by atoms with Gasteiger partial charge in [0.2, 0.25) is 17.7 Å². The topological polar surface area (TPSA) is 80.5 Å². The van der Waals surface area contributed by atoms with Gasteiger partial charge in [-0.25, -0.2) is 3.93 Å². The zero-order valence-corrected chi connectivity index (χ0v) is 8.13. The Morgan fingerprint density at radius 3 is 1.75 bits per heavy atom. The van der Waals surface area contributed by atoms with Crippen LogP contribution in [-0.4, -0.2) is 21.6 Å². The molecule has 0 aliphatic carbocycles. The molecular weight excluding hydrogens is 228 g/mol. The second-order valence-electron chi connectivity index (χ2n) is 2.18. The SMILES string of the molecule is CC(N)=O.O=C1CCC(=O)N1Br. The minimum Gasteiger partial charge on any atom is -0.370 e. The molecule has 1 aliphatic rings. The Kier molecular flexibility index (Phi) is 4.50. The Labute approximate surface area is 78.2 Å². The van der Waals surface area contributed by atoms with Gasteiger partial charge in [-0.15, -0.1) is 0 Å². The van der Waals surface area contributed by atoms with Gasteiger partial charge in [-0.05, 0) is 0 Å². The van der Waals surface area contributed by atoms with Gasteiger partial charge < -0.3 is 5.73 Å². The van der Waals surface area contributed by atoms with Crippen LogP contribution in [-0.2, 0) is 14.4 Å². The molecule has 6 heteroatoms. The zero-order chi connectivity index (χ0) is 9.72. The number of hydrogen-bond donors (Lipinski definition) is 1. The highest BCUT2D eigenvalue weighted by molar-refractivity contribution is 9.08. The van der Waals surface area contributed by atoms with Gasteiger partial charge in [0.1, 0.15) is 0 Å². The second kappa shape index (κ2) is 4.87. The van der Waals surface area contributed by atoms with E-state index in [0.717, 1.165) is 3.93 Å². The minimum atomic E-state index is -0.333. The summed E-state index contributed by atoms with van der Waals surface area (Å²) >= 11 is 2.80. The number of hydrogen-bond acceptors (Lipinski definition) is 3. The molecule has 5 nitrogen and oxygen atoms in total. The first-order chi connectivity index (χ1) is 5.45. The van der Waals surface area contributed by atoms with Gasteiger partial charge >= 0.3 is 0 Å². The van der Waals surface area contributed by atoms with Crippen LogP contribution in [0.2, 0.25) is 0 Å². The van der Waals surface area contributed by atoms with Crippen molar-refractivity contribution in [3.05, 3.63) is 0 Å². The van der Waals surface area contributed by atoms with Crippen LogP contribution in [0, 0.1) is 0 Å². The summed E-state index contributed by atoms with van der Waals surface area (Å²) < 4.78 is 0.979. The van der Waals surface area contributed by atoms with E-state index in [2.05, 4.69) is 21.9 Å². The van der Waals surface area contributed by atoms with Crippen LogP contribution < -0.4 is 5.73 Å². The van der Waals surface area contributed by atoms with Crippen LogP contribution in [0.5, 0.6) is 0 Å². The molecule has 0 bridgehead atoms. The standard InChI is InChI=1S/C4H4BrNO2.C2H5NO/c5-6-3(7)1-2-4(6)8;1-2(3)4/h1-2H2;1H3,(H2,3,4). The Morgan fingerprint density at radius 1 is 1.42 bits per heavy atom. The molecule has 3 amide bonds. The van der Waals surface area contributed by atoms with Crippen LogP contribution >= 0.6 is 16.1 Å². The van der Waals surface area contributed by atoms with E-state index >= 15 is 0 Å². The Bertz CT molecular complexity index is 197. The summed E-state index contributed by atoms with van der Waals surface area (Å²) in [5.74, 6) is -0.620. The third-order valence-electron chi connectivity index (χ3n) is 0.991. The summed E-state index contributed by atoms with van der Waals surface area (Å²) in [7, 11) is 0. The average molecular weight is 237 g/mol. The molecule has 68 valence electrons. The van der Waals surface area contributed by atoms with Crippen molar-refractivity contribution >= 4 is 33.9 Å². The van der Waals surface area contributed by atoms with E-state index in [1.807, 2.05) is 0 Å². The molecule has 1 fully saturated rings. The second-order valence-corrected chi connectivity index (χ2v) is 2.89. The van der Waals surface area contributed by atoms with E-state index in [1.54, 1.807) is 0 Å². The third-order valence-corrected chi connectivity index (χ3v) is 1.78. The molecule has 0 atom stereocenters. The first kappa shape index (κ1) is 11.1. The van der Waals surface area contributed by atoms with E-state index in [1.165, 1.54) is 6.92 Å². The van der Waals surface area contributed by atoms with Crippen molar-refractivity contribution in [2.24, 2.45) is 5.73 Å². The molecule has 2 N–H and O–H groups in total. The molecule has 0 spiro atoms. The van der Waals surface area contributed by atoms with Crippen LogP contribution in [0.25, 0.3) is 0 Å². The average Bonchev–Trinajstić information content (AvgIpc) is 2.19. The molecule has 1 aliphatic heterocycles. The van der Waals surface area contributed by atoms with E-state index in [9.17, 15) is 14.4 Å². The quantitative estimate of drug-likeness (QED) is 0.473. The van der Waals surface area contributed by atoms with Crippen LogP contribution in [0.1, 0.15) is 19.8 Å². The molecule has 1 heterocycles. The molecule has 1 saturated heterocycles. The lowest BCUT2D eigenvalue weighted by Gasteiger charge is -1.97. The van der Waals surface area contributed by atoms with E-state index in [4.69, 9.17) is 0 Å². The summed E-state index contributed by atoms with van der Waals surface area (Å²) in [6, 6.07) is 0. The number of amides is 3. The lowest BCUT2D eigenvalue weighted by molar-refractivity contribution is -0.131. The number of carbonyl (C=O) groups excluding carboxylic acids is 3. The summed E-state index contributed by atoms with van der Waals surface area (Å²) in [6.45, 7) is 1.31. The fraction of sp³-hybridized carbons (Fsp3) is 0.500. The van der Waals surface area contributed by atoms with Crippen molar-refractivity contribution in [1.29, 1.82) is 0 Å². The van der Waals surface area contributed by atoms with Gasteiger partial charge in [-0.2, -0.15) is 0 Å². The van der Waals surface area contributed by atoms with Crippen LogP contribution in [0.3, 0.4) is 0 Å². The molecule has 0 aromatic rings. The van der Waals surface area contributed by atoms with Crippen LogP contribution in [0.4, 0.5) is 0 Å². The van der Waals surface area contributed by atoms with Gasteiger partial charge in [0.25, 0.3) is 0 Å². The molecule has 12 heavy (non-hydrogen) atoms. The number of imide groups is 1. The van der Waals surface area contributed by atoms with Gasteiger partial charge in [-0.3, -0.25) is 14.4 Å². The molecule has 0 unspecified atom stereocenters. The summed E-state index contributed by atoms with van der Waals surface area (Å²) in [4.78, 5) is 30.1. The number of halogens is 1. The summed E-state index contributed by atoms with van der Waals surface area (Å²) in [6.07, 6.45) is 0.703. The van der Waals surface area contributed by atoms with Gasteiger partial charge in [0, 0.05) is 19.8 Å². The number of rotatable bonds is 0. The normalized spacial score (nSPS) is 15.7. The fourth-order valence-electron chi connectivity index (χ4n) is 0.549. The van der Waals surface area contributed by atoms with E-state index in [-0.39, 0.29) is 17.7 Å². The van der Waals surface area contributed by atoms with Crippen molar-refractivity contribution in [2.45, 2.75) is 19.8 Å². The summed E-state index contributed by atoms with van der Waals surface area (Å²) in [5, 5.41) is 0. The van der Waals surface area contributed by atoms with Crippen molar-refractivity contribution in [1.82, 2.24) is 3.93 Å². The highest BCUT2D eigenvalue weighted by Crippen LogP contribution is 2.14. The van der Waals surface area contributed by atoms with Gasteiger partial charge in [-0.1, -0.05) is 0 Å². The first-order valence-corrected chi connectivity index (χ1v) is 3.93. The van der Waals surface area contributed by atoms with Crippen molar-refractivity contribution < 1.29 is 14.4 Å². The maximum absolute atomic E-state index is 10.4. The highest BCUT2D eigenvalue weighted by Gasteiger charge is 2.26. The molecule has 1 rings (SSSR count). The predicted molar refractivity (Wildman–Crippen MR) is 44.9 cm³/mol. The zero-order valence-electron chi connectivity index (χ0n) is 6.54. The van der Waals surface area contributed by atoms with Gasteiger partial charge in [0.15, 0.2) is 0 Å². The lowest BCUT2D eigenvalue weighted by atomic mass is 10.4. The number of carbonyl (C=O) groups is 3. The minimum absolute atomic E-state index is 0.144. The largest absolute Gasteiger partial charge is 0.370 e. The molecule has 0 saturated carbocycles. The maximum Gasteiger partial charge on any atom is 0.239 e. The first-order valence-electron chi connectivity index (χ1n) is 3.22. The molecule has 0 aromatic carbocycles. The number of nitrogens with zero attached hydrogens (tertiary/aromatic N) is 1. The van der Waals surface area contributed by atoms with Crippen LogP contribution in [0.15, 0.2) is 0 Å². The Hall–Kier alpha value is -0.910. The van der Waals surface area contributed by atoms with E-state index < -0.39 is 0 Å². The lowest BCUT2D eigenvalue weighted by Crippen LogP contribution is -2.16.